The Labute approximate surface area is 155 Å². The summed E-state index contributed by atoms with van der Waals surface area (Å²) in [6.45, 7) is -0.370. The van der Waals surface area contributed by atoms with E-state index in [2.05, 4.69) is 26.8 Å². The van der Waals surface area contributed by atoms with E-state index in [-0.39, 0.29) is 18.1 Å². The molecule has 0 aliphatic heterocycles. The molecule has 0 heterocycles. The molecule has 2 amide bonds. The fourth-order valence-electron chi connectivity index (χ4n) is 1.65. The number of amides is 2. The van der Waals surface area contributed by atoms with Gasteiger partial charge in [0.25, 0.3) is 5.91 Å². The van der Waals surface area contributed by atoms with Crippen LogP contribution in [-0.4, -0.2) is 24.2 Å². The van der Waals surface area contributed by atoms with Gasteiger partial charge in [0.2, 0.25) is 5.91 Å². The molecular formula is C16H13BrF2N2O3S. The third kappa shape index (κ3) is 6.35. The van der Waals surface area contributed by atoms with Gasteiger partial charge in [0.1, 0.15) is 17.4 Å². The van der Waals surface area contributed by atoms with Crippen molar-refractivity contribution < 1.29 is 23.1 Å². The summed E-state index contributed by atoms with van der Waals surface area (Å²) in [5.74, 6) is -1.72. The van der Waals surface area contributed by atoms with E-state index < -0.39 is 23.4 Å². The molecule has 0 radical (unpaired) electrons. The van der Waals surface area contributed by atoms with Crippen molar-refractivity contribution in [2.24, 2.45) is 0 Å². The summed E-state index contributed by atoms with van der Waals surface area (Å²) in [5, 5.41) is 0. The molecule has 0 aliphatic carbocycles. The SMILES string of the molecule is O=C(COc1ccc(F)cc1Br)NNC(=O)CSc1ccccc1F. The lowest BCUT2D eigenvalue weighted by Gasteiger charge is -2.10. The highest BCUT2D eigenvalue weighted by Gasteiger charge is 2.09. The number of carbonyl (C=O) groups is 2. The smallest absolute Gasteiger partial charge is 0.276 e. The number of nitrogens with one attached hydrogen (secondary N) is 2. The Kier molecular flexibility index (Phi) is 7.20. The normalized spacial score (nSPS) is 10.2. The van der Waals surface area contributed by atoms with E-state index in [1.54, 1.807) is 18.2 Å². The summed E-state index contributed by atoms with van der Waals surface area (Å²) in [5.41, 5.74) is 4.37. The van der Waals surface area contributed by atoms with Crippen LogP contribution < -0.4 is 15.6 Å². The van der Waals surface area contributed by atoms with Crippen LogP contribution in [0.25, 0.3) is 0 Å². The zero-order valence-electron chi connectivity index (χ0n) is 12.7. The highest BCUT2D eigenvalue weighted by molar-refractivity contribution is 9.10. The van der Waals surface area contributed by atoms with Gasteiger partial charge in [0.05, 0.1) is 10.2 Å². The second kappa shape index (κ2) is 9.38. The van der Waals surface area contributed by atoms with Gasteiger partial charge in [0.15, 0.2) is 6.61 Å². The molecule has 25 heavy (non-hydrogen) atoms. The van der Waals surface area contributed by atoms with E-state index in [9.17, 15) is 18.4 Å². The van der Waals surface area contributed by atoms with E-state index >= 15 is 0 Å². The summed E-state index contributed by atoms with van der Waals surface area (Å²) in [6, 6.07) is 9.84. The predicted molar refractivity (Wildman–Crippen MR) is 93.0 cm³/mol. The van der Waals surface area contributed by atoms with Crippen LogP contribution in [0.1, 0.15) is 0 Å². The molecule has 0 saturated heterocycles. The van der Waals surface area contributed by atoms with Crippen LogP contribution in [0.15, 0.2) is 51.8 Å². The van der Waals surface area contributed by atoms with Gasteiger partial charge in [-0.1, -0.05) is 12.1 Å². The molecule has 5 nitrogen and oxygen atoms in total. The fraction of sp³-hybridized carbons (Fsp3) is 0.125. The summed E-state index contributed by atoms with van der Waals surface area (Å²) in [4.78, 5) is 23.6. The zero-order chi connectivity index (χ0) is 18.2. The first kappa shape index (κ1) is 19.2. The number of hydrogen-bond donors (Lipinski definition) is 2. The third-order valence-corrected chi connectivity index (χ3v) is 4.46. The van der Waals surface area contributed by atoms with Crippen molar-refractivity contribution >= 4 is 39.5 Å². The quantitative estimate of drug-likeness (QED) is 0.545. The molecule has 0 fully saturated rings. The number of thioether (sulfide) groups is 1. The first-order valence-electron chi connectivity index (χ1n) is 6.98. The monoisotopic (exact) mass is 430 g/mol. The molecule has 2 N–H and O–H groups in total. The first-order chi connectivity index (χ1) is 12.0. The van der Waals surface area contributed by atoms with Crippen LogP contribution in [0, 0.1) is 11.6 Å². The number of halogens is 3. The topological polar surface area (TPSA) is 67.4 Å². The van der Waals surface area contributed by atoms with Crippen LogP contribution in [0.4, 0.5) is 8.78 Å². The van der Waals surface area contributed by atoms with Crippen molar-refractivity contribution in [3.63, 3.8) is 0 Å². The van der Waals surface area contributed by atoms with E-state index in [0.717, 1.165) is 11.8 Å². The van der Waals surface area contributed by atoms with Crippen LogP contribution >= 0.6 is 27.7 Å². The maximum Gasteiger partial charge on any atom is 0.276 e. The minimum absolute atomic E-state index is 0.0639. The summed E-state index contributed by atoms with van der Waals surface area (Å²) < 4.78 is 31.9. The van der Waals surface area contributed by atoms with Crippen molar-refractivity contribution in [2.45, 2.75) is 4.90 Å². The van der Waals surface area contributed by atoms with E-state index in [1.165, 1.54) is 24.3 Å². The molecule has 0 unspecified atom stereocenters. The molecule has 0 aliphatic rings. The summed E-state index contributed by atoms with van der Waals surface area (Å²) in [6.07, 6.45) is 0. The average Bonchev–Trinajstić information content (AvgIpc) is 2.58. The minimum atomic E-state index is -0.597. The average molecular weight is 431 g/mol. The van der Waals surface area contributed by atoms with Gasteiger partial charge in [-0.25, -0.2) is 8.78 Å². The molecule has 2 aromatic carbocycles. The van der Waals surface area contributed by atoms with E-state index in [1.807, 2.05) is 0 Å². The number of ether oxygens (including phenoxy) is 1. The van der Waals surface area contributed by atoms with Crippen LogP contribution in [0.5, 0.6) is 5.75 Å². The van der Waals surface area contributed by atoms with Gasteiger partial charge < -0.3 is 4.74 Å². The Morgan fingerprint density at radius 1 is 1.08 bits per heavy atom. The van der Waals surface area contributed by atoms with Crippen molar-refractivity contribution in [1.82, 2.24) is 10.9 Å². The second-order valence-electron chi connectivity index (χ2n) is 4.68. The Morgan fingerprint density at radius 3 is 2.52 bits per heavy atom. The predicted octanol–water partition coefficient (Wildman–Crippen LogP) is 3.05. The maximum atomic E-state index is 13.4. The highest BCUT2D eigenvalue weighted by atomic mass is 79.9. The van der Waals surface area contributed by atoms with Gasteiger partial charge >= 0.3 is 0 Å². The lowest BCUT2D eigenvalue weighted by molar-refractivity contribution is -0.128. The van der Waals surface area contributed by atoms with Crippen molar-refractivity contribution in [2.75, 3.05) is 12.4 Å². The Balaban J connectivity index is 1.70. The van der Waals surface area contributed by atoms with Crippen LogP contribution in [0.2, 0.25) is 0 Å². The lowest BCUT2D eigenvalue weighted by Crippen LogP contribution is -2.44. The fourth-order valence-corrected chi connectivity index (χ4v) is 2.86. The Hall–Kier alpha value is -2.13. The largest absolute Gasteiger partial charge is 0.483 e. The van der Waals surface area contributed by atoms with Crippen molar-refractivity contribution in [1.29, 1.82) is 0 Å². The van der Waals surface area contributed by atoms with Crippen LogP contribution in [0.3, 0.4) is 0 Å². The van der Waals surface area contributed by atoms with Gasteiger partial charge in [-0.2, -0.15) is 0 Å². The minimum Gasteiger partial charge on any atom is -0.483 e. The second-order valence-corrected chi connectivity index (χ2v) is 6.55. The molecule has 0 spiro atoms. The van der Waals surface area contributed by atoms with Crippen molar-refractivity contribution in [3.05, 3.63) is 58.6 Å². The maximum absolute atomic E-state index is 13.4. The third-order valence-electron chi connectivity index (χ3n) is 2.79. The van der Waals surface area contributed by atoms with Gasteiger partial charge in [-0.15, -0.1) is 11.8 Å². The number of hydrogen-bond acceptors (Lipinski definition) is 4. The number of benzene rings is 2. The number of carbonyl (C=O) groups excluding carboxylic acids is 2. The molecule has 2 rings (SSSR count). The van der Waals surface area contributed by atoms with Crippen molar-refractivity contribution in [3.8, 4) is 5.75 Å². The molecular weight excluding hydrogens is 418 g/mol. The zero-order valence-corrected chi connectivity index (χ0v) is 15.1. The molecule has 9 heteroatoms. The molecule has 0 bridgehead atoms. The number of rotatable bonds is 6. The number of hydrazine groups is 1. The first-order valence-corrected chi connectivity index (χ1v) is 8.76. The van der Waals surface area contributed by atoms with Gasteiger partial charge in [-0.3, -0.25) is 20.4 Å². The Bertz CT molecular complexity index is 777. The summed E-state index contributed by atoms with van der Waals surface area (Å²) in [7, 11) is 0. The molecule has 2 aromatic rings. The molecule has 132 valence electrons. The molecule has 0 atom stereocenters. The molecule has 0 saturated carbocycles. The summed E-state index contributed by atoms with van der Waals surface area (Å²) >= 11 is 4.12. The van der Waals surface area contributed by atoms with Gasteiger partial charge in [0, 0.05) is 4.90 Å². The molecule has 0 aromatic heterocycles. The standard InChI is InChI=1S/C16H13BrF2N2O3S/c17-11-7-10(18)5-6-13(11)24-8-15(22)20-21-16(23)9-25-14-4-2-1-3-12(14)19/h1-7H,8-9H2,(H,20,22)(H,21,23). The highest BCUT2D eigenvalue weighted by Crippen LogP contribution is 2.25. The van der Waals surface area contributed by atoms with E-state index in [0.29, 0.717) is 9.37 Å². The van der Waals surface area contributed by atoms with Gasteiger partial charge in [-0.05, 0) is 46.3 Å². The lowest BCUT2D eigenvalue weighted by atomic mass is 10.3. The van der Waals surface area contributed by atoms with Crippen LogP contribution in [-0.2, 0) is 9.59 Å². The Morgan fingerprint density at radius 2 is 1.80 bits per heavy atom. The van der Waals surface area contributed by atoms with E-state index in [4.69, 9.17) is 4.74 Å².